The van der Waals surface area contributed by atoms with Crippen molar-refractivity contribution in [1.82, 2.24) is 10.2 Å². The van der Waals surface area contributed by atoms with Crippen LogP contribution in [0.5, 0.6) is 0 Å². The van der Waals surface area contributed by atoms with Crippen LogP contribution >= 0.6 is 0 Å². The molecule has 2 aliphatic carbocycles. The van der Waals surface area contributed by atoms with Gasteiger partial charge in [-0.1, -0.05) is 6.42 Å². The molecule has 2 saturated carbocycles. The van der Waals surface area contributed by atoms with E-state index >= 15 is 0 Å². The van der Waals surface area contributed by atoms with Gasteiger partial charge in [0.2, 0.25) is 0 Å². The van der Waals surface area contributed by atoms with Gasteiger partial charge in [0.05, 0.1) is 12.5 Å². The van der Waals surface area contributed by atoms with Crippen LogP contribution in [0.1, 0.15) is 38.5 Å². The Balaban J connectivity index is 1.84. The lowest BCUT2D eigenvalue weighted by molar-refractivity contribution is -0.143. The van der Waals surface area contributed by atoms with Crippen LogP contribution in [0.25, 0.3) is 0 Å². The second-order valence-electron chi connectivity index (χ2n) is 5.77. The molecule has 2 amide bonds. The first-order chi connectivity index (χ1) is 9.61. The zero-order valence-corrected chi connectivity index (χ0v) is 12.0. The van der Waals surface area contributed by atoms with Crippen molar-refractivity contribution >= 4 is 12.0 Å². The molecular weight excluding hydrogens is 260 g/mol. The van der Waals surface area contributed by atoms with Gasteiger partial charge in [0, 0.05) is 25.7 Å². The highest BCUT2D eigenvalue weighted by molar-refractivity contribution is 5.75. The second kappa shape index (κ2) is 6.92. The topological polar surface area (TPSA) is 78.9 Å². The monoisotopic (exact) mass is 284 g/mol. The number of aliphatic carboxylic acids is 1. The molecule has 6 heteroatoms. The fourth-order valence-corrected chi connectivity index (χ4v) is 2.83. The van der Waals surface area contributed by atoms with Gasteiger partial charge in [-0.05, 0) is 32.1 Å². The molecule has 0 aromatic carbocycles. The van der Waals surface area contributed by atoms with Crippen molar-refractivity contribution in [2.45, 2.75) is 50.6 Å². The molecule has 0 aliphatic heterocycles. The number of carboxylic acid groups (broad SMARTS) is 1. The number of rotatable bonds is 6. The van der Waals surface area contributed by atoms with E-state index in [1.54, 1.807) is 7.11 Å². The number of nitrogens with one attached hydrogen (secondary N) is 1. The average molecular weight is 284 g/mol. The number of hydrogen-bond donors (Lipinski definition) is 2. The summed E-state index contributed by atoms with van der Waals surface area (Å²) in [6.45, 7) is 1.13. The fraction of sp³-hybridized carbons (Fsp3) is 0.857. The molecule has 2 aliphatic rings. The highest BCUT2D eigenvalue weighted by Crippen LogP contribution is 2.28. The van der Waals surface area contributed by atoms with E-state index in [2.05, 4.69) is 5.32 Å². The van der Waals surface area contributed by atoms with Gasteiger partial charge in [0.25, 0.3) is 0 Å². The predicted octanol–water partition coefficient (Wildman–Crippen LogP) is 1.45. The number of nitrogens with zero attached hydrogens (tertiary/aromatic N) is 1. The van der Waals surface area contributed by atoms with Gasteiger partial charge in [0.1, 0.15) is 0 Å². The number of methoxy groups -OCH3 is 1. The summed E-state index contributed by atoms with van der Waals surface area (Å²) in [7, 11) is 1.63. The number of hydrogen-bond acceptors (Lipinski definition) is 3. The van der Waals surface area contributed by atoms with Gasteiger partial charge >= 0.3 is 12.0 Å². The minimum atomic E-state index is -0.748. The summed E-state index contributed by atoms with van der Waals surface area (Å²) in [5, 5.41) is 12.1. The van der Waals surface area contributed by atoms with Crippen LogP contribution in [-0.2, 0) is 9.53 Å². The highest BCUT2D eigenvalue weighted by Gasteiger charge is 2.34. The van der Waals surface area contributed by atoms with E-state index in [0.29, 0.717) is 25.6 Å². The normalized spacial score (nSPS) is 26.1. The predicted molar refractivity (Wildman–Crippen MR) is 73.5 cm³/mol. The Kier molecular flexibility index (Phi) is 5.23. The molecule has 0 saturated heterocycles. The minimum Gasteiger partial charge on any atom is -0.481 e. The molecule has 2 N–H and O–H groups in total. The molecule has 0 heterocycles. The Labute approximate surface area is 119 Å². The van der Waals surface area contributed by atoms with Crippen molar-refractivity contribution in [2.24, 2.45) is 5.92 Å². The third kappa shape index (κ3) is 4.10. The molecule has 0 radical (unpaired) electrons. The number of amides is 2. The van der Waals surface area contributed by atoms with E-state index in [4.69, 9.17) is 9.84 Å². The maximum absolute atomic E-state index is 12.3. The first-order valence-electron chi connectivity index (χ1n) is 7.40. The van der Waals surface area contributed by atoms with Crippen molar-refractivity contribution in [3.8, 4) is 0 Å². The third-order valence-electron chi connectivity index (χ3n) is 4.14. The van der Waals surface area contributed by atoms with E-state index in [1.807, 2.05) is 4.90 Å². The van der Waals surface area contributed by atoms with Crippen molar-refractivity contribution in [3.05, 3.63) is 0 Å². The molecule has 20 heavy (non-hydrogen) atoms. The molecule has 2 unspecified atom stereocenters. The number of urea groups is 1. The summed E-state index contributed by atoms with van der Waals surface area (Å²) in [6, 6.07) is 0.255. The van der Waals surface area contributed by atoms with Gasteiger partial charge < -0.3 is 20.1 Å². The summed E-state index contributed by atoms with van der Waals surface area (Å²) >= 11 is 0. The van der Waals surface area contributed by atoms with Gasteiger partial charge in [-0.15, -0.1) is 0 Å². The van der Waals surface area contributed by atoms with E-state index in [9.17, 15) is 9.59 Å². The fourth-order valence-electron chi connectivity index (χ4n) is 2.83. The largest absolute Gasteiger partial charge is 0.481 e. The molecule has 2 rings (SSSR count). The van der Waals surface area contributed by atoms with Crippen molar-refractivity contribution < 1.29 is 19.4 Å². The van der Waals surface area contributed by atoms with Crippen molar-refractivity contribution in [1.29, 1.82) is 0 Å². The molecule has 0 aromatic heterocycles. The summed E-state index contributed by atoms with van der Waals surface area (Å²) in [5.41, 5.74) is 0. The first-order valence-corrected chi connectivity index (χ1v) is 7.40. The summed E-state index contributed by atoms with van der Waals surface area (Å²) < 4.78 is 5.04. The van der Waals surface area contributed by atoms with Crippen LogP contribution in [0, 0.1) is 5.92 Å². The van der Waals surface area contributed by atoms with E-state index in [-0.39, 0.29) is 18.0 Å². The Morgan fingerprint density at radius 3 is 2.65 bits per heavy atom. The standard InChI is InChI=1S/C14H24N2O4/c1-20-8-7-16(12-5-6-12)14(19)15-11-4-2-3-10(9-11)13(17)18/h10-12H,2-9H2,1H3,(H,15,19)(H,17,18). The van der Waals surface area contributed by atoms with Crippen LogP contribution in [0.2, 0.25) is 0 Å². The second-order valence-corrected chi connectivity index (χ2v) is 5.77. The maximum Gasteiger partial charge on any atom is 0.317 e. The molecule has 0 spiro atoms. The summed E-state index contributed by atoms with van der Waals surface area (Å²) in [4.78, 5) is 25.2. The smallest absolute Gasteiger partial charge is 0.317 e. The van der Waals surface area contributed by atoms with Gasteiger partial charge in [0.15, 0.2) is 0 Å². The lowest BCUT2D eigenvalue weighted by Gasteiger charge is -2.30. The van der Waals surface area contributed by atoms with Crippen molar-refractivity contribution in [2.75, 3.05) is 20.3 Å². The van der Waals surface area contributed by atoms with E-state index < -0.39 is 5.97 Å². The molecule has 2 atom stereocenters. The highest BCUT2D eigenvalue weighted by atomic mass is 16.5. The molecule has 0 aromatic rings. The molecule has 2 fully saturated rings. The SMILES string of the molecule is COCCN(C(=O)NC1CCCC(C(=O)O)C1)C1CC1. The number of carbonyl (C=O) groups excluding carboxylic acids is 1. The van der Waals surface area contributed by atoms with Gasteiger partial charge in [-0.25, -0.2) is 4.79 Å². The number of carbonyl (C=O) groups is 2. The summed E-state index contributed by atoms with van der Waals surface area (Å²) in [6.07, 6.45) is 5.11. The van der Waals surface area contributed by atoms with Crippen LogP contribution in [-0.4, -0.2) is 54.4 Å². The minimum absolute atomic E-state index is 0.0128. The Hall–Kier alpha value is -1.30. The molecule has 6 nitrogen and oxygen atoms in total. The first kappa shape index (κ1) is 15.1. The third-order valence-corrected chi connectivity index (χ3v) is 4.14. The van der Waals surface area contributed by atoms with Crippen LogP contribution in [0.15, 0.2) is 0 Å². The lowest BCUT2D eigenvalue weighted by Crippen LogP contribution is -2.48. The quantitative estimate of drug-likeness (QED) is 0.774. The zero-order chi connectivity index (χ0) is 14.5. The van der Waals surface area contributed by atoms with Crippen LogP contribution in [0.3, 0.4) is 0 Å². The van der Waals surface area contributed by atoms with Crippen LogP contribution < -0.4 is 5.32 Å². The Morgan fingerprint density at radius 1 is 1.30 bits per heavy atom. The van der Waals surface area contributed by atoms with Crippen molar-refractivity contribution in [3.63, 3.8) is 0 Å². The maximum atomic E-state index is 12.3. The number of carboxylic acids is 1. The van der Waals surface area contributed by atoms with Gasteiger partial charge in [-0.2, -0.15) is 0 Å². The average Bonchev–Trinajstić information content (AvgIpc) is 3.24. The van der Waals surface area contributed by atoms with E-state index in [1.165, 1.54) is 0 Å². The summed E-state index contributed by atoms with van der Waals surface area (Å²) in [5.74, 6) is -1.07. The molecule has 0 bridgehead atoms. The molecule has 114 valence electrons. The van der Waals surface area contributed by atoms with Crippen LogP contribution in [0.4, 0.5) is 4.79 Å². The Bertz CT molecular complexity index is 357. The van der Waals surface area contributed by atoms with E-state index in [0.717, 1.165) is 32.1 Å². The molecular formula is C14H24N2O4. The zero-order valence-electron chi connectivity index (χ0n) is 12.0. The lowest BCUT2D eigenvalue weighted by atomic mass is 9.86. The van der Waals surface area contributed by atoms with Gasteiger partial charge in [-0.3, -0.25) is 4.79 Å². The Morgan fingerprint density at radius 2 is 2.05 bits per heavy atom. The number of ether oxygens (including phenoxy) is 1.